The Labute approximate surface area is 459 Å². The molecule has 0 radical (unpaired) electrons. The number of hydrogen-bond donors (Lipinski definition) is 0. The van der Waals surface area contributed by atoms with E-state index in [2.05, 4.69) is 301 Å². The highest BCUT2D eigenvalue weighted by Gasteiger charge is 2.53. The average Bonchev–Trinajstić information content (AvgIpc) is 2.04. The molecule has 0 saturated carbocycles. The fourth-order valence-corrected chi connectivity index (χ4v) is 14.2. The molecule has 1 aromatic heterocycles. The molecule has 17 rings (SSSR count). The van der Waals surface area contributed by atoms with Gasteiger partial charge in [-0.2, -0.15) is 0 Å². The highest BCUT2D eigenvalue weighted by atomic mass is 15.1. The van der Waals surface area contributed by atoms with Crippen molar-refractivity contribution in [1.29, 1.82) is 0 Å². The Morgan fingerprint density at radius 1 is 0.266 bits per heavy atom. The van der Waals surface area contributed by atoms with Gasteiger partial charge in [-0.1, -0.05) is 237 Å². The van der Waals surface area contributed by atoms with E-state index in [0.29, 0.717) is 0 Å². The summed E-state index contributed by atoms with van der Waals surface area (Å²) in [5, 5.41) is 4.93. The molecule has 2 nitrogen and oxygen atoms in total. The van der Waals surface area contributed by atoms with Crippen molar-refractivity contribution in [3.8, 4) is 83.6 Å². The molecule has 13 aromatic carbocycles. The Kier molecular flexibility index (Phi) is 9.37. The summed E-state index contributed by atoms with van der Waals surface area (Å²) >= 11 is 0. The third kappa shape index (κ3) is 6.29. The van der Waals surface area contributed by atoms with Crippen LogP contribution in [0, 0.1) is 0 Å². The van der Waals surface area contributed by atoms with Gasteiger partial charge in [0.05, 0.1) is 22.1 Å². The first-order valence-electron chi connectivity index (χ1n) is 27.5. The van der Waals surface area contributed by atoms with Crippen LogP contribution in [0.15, 0.2) is 291 Å². The van der Waals surface area contributed by atoms with Crippen molar-refractivity contribution >= 4 is 49.6 Å². The lowest BCUT2D eigenvalue weighted by atomic mass is 9.70. The van der Waals surface area contributed by atoms with Crippen molar-refractivity contribution < 1.29 is 0 Å². The van der Waals surface area contributed by atoms with Crippen LogP contribution in [0.2, 0.25) is 0 Å². The smallest absolute Gasteiger partial charge is 0.0726 e. The summed E-state index contributed by atoms with van der Waals surface area (Å²) in [7, 11) is 0. The largest absolute Gasteiger partial charge is 0.310 e. The Bertz CT molecular complexity index is 4730. The molecule has 1 aliphatic heterocycles. The maximum Gasteiger partial charge on any atom is 0.0726 e. The monoisotopic (exact) mass is 1000 g/mol. The number of nitrogens with zero attached hydrogens (tertiary/aromatic N) is 2. The fourth-order valence-electron chi connectivity index (χ4n) is 14.2. The molecule has 14 aromatic rings. The van der Waals surface area contributed by atoms with E-state index in [4.69, 9.17) is 0 Å². The zero-order valence-corrected chi connectivity index (χ0v) is 43.1. The van der Waals surface area contributed by atoms with E-state index >= 15 is 0 Å². The molecule has 79 heavy (non-hydrogen) atoms. The first kappa shape index (κ1) is 43.9. The van der Waals surface area contributed by atoms with Crippen LogP contribution in [0.3, 0.4) is 0 Å². The van der Waals surface area contributed by atoms with Crippen molar-refractivity contribution in [2.75, 3.05) is 4.90 Å². The van der Waals surface area contributed by atoms with Crippen molar-refractivity contribution in [2.24, 2.45) is 0 Å². The Morgan fingerprint density at radius 2 is 0.823 bits per heavy atom. The molecule has 1 spiro atoms. The van der Waals surface area contributed by atoms with E-state index in [1.165, 1.54) is 127 Å². The van der Waals surface area contributed by atoms with Gasteiger partial charge in [0.2, 0.25) is 0 Å². The van der Waals surface area contributed by atoms with Crippen LogP contribution >= 0.6 is 0 Å². The lowest BCUT2D eigenvalue weighted by Crippen LogP contribution is -2.25. The van der Waals surface area contributed by atoms with Gasteiger partial charge in [-0.05, 0) is 154 Å². The maximum absolute atomic E-state index is 2.61. The molecule has 0 amide bonds. The molecule has 2 heterocycles. The lowest BCUT2D eigenvalue weighted by molar-refractivity contribution is 0.794. The Hall–Kier alpha value is -10.3. The highest BCUT2D eigenvalue weighted by Crippen LogP contribution is 2.66. The molecule has 0 unspecified atom stereocenters. The van der Waals surface area contributed by atoms with Crippen LogP contribution in [0.4, 0.5) is 17.1 Å². The lowest BCUT2D eigenvalue weighted by Gasteiger charge is -2.31. The van der Waals surface area contributed by atoms with Gasteiger partial charge in [0, 0.05) is 39.0 Å². The third-order valence-corrected chi connectivity index (χ3v) is 17.5. The van der Waals surface area contributed by atoms with E-state index in [-0.39, 0.29) is 0 Å². The minimum atomic E-state index is -0.440. The summed E-state index contributed by atoms with van der Waals surface area (Å²) < 4.78 is 2.61. The van der Waals surface area contributed by atoms with Crippen molar-refractivity contribution in [3.05, 3.63) is 313 Å². The molecule has 3 aliphatic rings. The van der Waals surface area contributed by atoms with Crippen LogP contribution < -0.4 is 4.90 Å². The van der Waals surface area contributed by atoms with E-state index in [1.807, 2.05) is 0 Å². The van der Waals surface area contributed by atoms with Gasteiger partial charge in [0.15, 0.2) is 0 Å². The van der Waals surface area contributed by atoms with Crippen LogP contribution in [-0.4, -0.2) is 4.57 Å². The number of anilines is 3. The van der Waals surface area contributed by atoms with E-state index in [1.54, 1.807) is 0 Å². The SMILES string of the molecule is c1ccc(-c2cccc(N(c3cc(-c4ccccc4)cc(-c4ccccc4)c3)c3ccc4cccc(-c5ccc6c(c5)-n5c7ccccc7c7ccc8c(c75)-c5c-6cccc5C85c6ccccc6-c6ccccc65)c4c3)c2)cc1. The number of para-hydroxylation sites is 1. The van der Waals surface area contributed by atoms with Gasteiger partial charge >= 0.3 is 0 Å². The third-order valence-electron chi connectivity index (χ3n) is 17.5. The number of aromatic nitrogens is 1. The van der Waals surface area contributed by atoms with Gasteiger partial charge in [0.1, 0.15) is 0 Å². The summed E-state index contributed by atoms with van der Waals surface area (Å²) in [6, 6.07) is 109. The molecular formula is C77H48N2. The van der Waals surface area contributed by atoms with Gasteiger partial charge in [-0.3, -0.25) is 0 Å². The average molecular weight is 1000 g/mol. The number of fused-ring (bicyclic) bond motifs is 14. The van der Waals surface area contributed by atoms with Crippen LogP contribution in [0.5, 0.6) is 0 Å². The Balaban J connectivity index is 0.892. The van der Waals surface area contributed by atoms with Gasteiger partial charge in [-0.25, -0.2) is 0 Å². The number of benzene rings is 13. The quantitative estimate of drug-likeness (QED) is 0.154. The second-order valence-electron chi connectivity index (χ2n) is 21.5. The summed E-state index contributed by atoms with van der Waals surface area (Å²) in [5.41, 5.74) is 29.2. The van der Waals surface area contributed by atoms with E-state index in [9.17, 15) is 0 Å². The molecule has 0 atom stereocenters. The number of hydrogen-bond acceptors (Lipinski definition) is 1. The van der Waals surface area contributed by atoms with Crippen LogP contribution in [0.25, 0.3) is 116 Å². The predicted octanol–water partition coefficient (Wildman–Crippen LogP) is 20.4. The van der Waals surface area contributed by atoms with E-state index < -0.39 is 5.41 Å². The Morgan fingerprint density at radius 3 is 1.56 bits per heavy atom. The first-order valence-corrected chi connectivity index (χ1v) is 27.5. The minimum absolute atomic E-state index is 0.440. The molecule has 0 fully saturated rings. The van der Waals surface area contributed by atoms with E-state index in [0.717, 1.165) is 28.2 Å². The topological polar surface area (TPSA) is 8.17 Å². The molecule has 0 saturated heterocycles. The molecule has 366 valence electrons. The molecule has 2 aliphatic carbocycles. The van der Waals surface area contributed by atoms with Crippen molar-refractivity contribution in [2.45, 2.75) is 5.41 Å². The first-order chi connectivity index (χ1) is 39.2. The second kappa shape index (κ2) is 16.9. The van der Waals surface area contributed by atoms with Gasteiger partial charge in [-0.15, -0.1) is 0 Å². The zero-order chi connectivity index (χ0) is 51.8. The zero-order valence-electron chi connectivity index (χ0n) is 43.1. The normalized spacial score (nSPS) is 12.9. The summed E-state index contributed by atoms with van der Waals surface area (Å²) in [4.78, 5) is 2.46. The van der Waals surface area contributed by atoms with Crippen LogP contribution in [-0.2, 0) is 5.41 Å². The number of rotatable bonds is 7. The summed E-state index contributed by atoms with van der Waals surface area (Å²) in [6.45, 7) is 0. The van der Waals surface area contributed by atoms with Crippen molar-refractivity contribution in [1.82, 2.24) is 4.57 Å². The van der Waals surface area contributed by atoms with Gasteiger partial charge < -0.3 is 9.47 Å². The van der Waals surface area contributed by atoms with Crippen molar-refractivity contribution in [3.63, 3.8) is 0 Å². The minimum Gasteiger partial charge on any atom is -0.310 e. The molecule has 2 heteroatoms. The standard InChI is InChI=1S/C77H48N2/c1-4-19-49(20-5-1)53-26-16-27-57(44-53)78(59-45-55(50-21-6-2-7-22-50)43-56(46-59)51-23-8-3-9-24-51)58-39-37-52-25-17-31-60(67(52)48-58)54-38-40-64-65-32-18-35-70-74(65)75-71(77(70)68-33-13-10-28-61(68)62-29-11-14-34-69(62)77)42-41-66-63-30-12-15-36-72(63)79(76(66)75)73(64)47-54/h1-48H. The molecule has 0 N–H and O–H groups in total. The van der Waals surface area contributed by atoms with Crippen LogP contribution in [0.1, 0.15) is 22.3 Å². The summed E-state index contributed by atoms with van der Waals surface area (Å²) in [6.07, 6.45) is 0. The fraction of sp³-hybridized carbons (Fsp3) is 0.0130. The predicted molar refractivity (Wildman–Crippen MR) is 330 cm³/mol. The highest BCUT2D eigenvalue weighted by molar-refractivity contribution is 6.20. The maximum atomic E-state index is 2.61. The molecular weight excluding hydrogens is 953 g/mol. The van der Waals surface area contributed by atoms with Gasteiger partial charge in [0.25, 0.3) is 0 Å². The second-order valence-corrected chi connectivity index (χ2v) is 21.5. The summed E-state index contributed by atoms with van der Waals surface area (Å²) in [5.74, 6) is 0. The molecule has 0 bridgehead atoms.